The number of rotatable bonds is 5. The van der Waals surface area contributed by atoms with Crippen molar-refractivity contribution in [2.45, 2.75) is 40.3 Å². The van der Waals surface area contributed by atoms with Crippen LogP contribution < -0.4 is 5.73 Å². The number of hydrogen-bond donors (Lipinski definition) is 1. The zero-order valence-corrected chi connectivity index (χ0v) is 11.7. The van der Waals surface area contributed by atoms with Crippen LogP contribution in [0.5, 0.6) is 0 Å². The van der Waals surface area contributed by atoms with Gasteiger partial charge in [0.1, 0.15) is 0 Å². The number of para-hydroxylation sites is 1. The number of fused-ring (bicyclic) bond motifs is 1. The minimum atomic E-state index is 0.614. The summed E-state index contributed by atoms with van der Waals surface area (Å²) in [6.45, 7) is 8.58. The van der Waals surface area contributed by atoms with Gasteiger partial charge in [-0.2, -0.15) is 0 Å². The lowest BCUT2D eigenvalue weighted by Crippen LogP contribution is -2.14. The molecule has 2 nitrogen and oxygen atoms in total. The summed E-state index contributed by atoms with van der Waals surface area (Å²) in [5, 5.41) is 1.30. The SMILES string of the molecule is CC(C)CC(C)Cn1c(CN)cc2ccccc21. The molecule has 0 radical (unpaired) electrons. The van der Waals surface area contributed by atoms with Gasteiger partial charge >= 0.3 is 0 Å². The smallest absolute Gasteiger partial charge is 0.0483 e. The Bertz CT molecular complexity index is 511. The van der Waals surface area contributed by atoms with Crippen molar-refractivity contribution < 1.29 is 0 Å². The molecule has 2 rings (SSSR count). The van der Waals surface area contributed by atoms with Gasteiger partial charge in [0.25, 0.3) is 0 Å². The van der Waals surface area contributed by atoms with Crippen molar-refractivity contribution in [2.75, 3.05) is 0 Å². The predicted molar refractivity (Wildman–Crippen MR) is 78.4 cm³/mol. The highest BCUT2D eigenvalue weighted by molar-refractivity contribution is 5.81. The highest BCUT2D eigenvalue weighted by atomic mass is 15.0. The van der Waals surface area contributed by atoms with Crippen molar-refractivity contribution in [3.63, 3.8) is 0 Å². The molecule has 1 atom stereocenters. The summed E-state index contributed by atoms with van der Waals surface area (Å²) in [7, 11) is 0. The van der Waals surface area contributed by atoms with E-state index in [4.69, 9.17) is 5.73 Å². The molecule has 0 aliphatic carbocycles. The van der Waals surface area contributed by atoms with Gasteiger partial charge in [0.15, 0.2) is 0 Å². The lowest BCUT2D eigenvalue weighted by molar-refractivity contribution is 0.390. The van der Waals surface area contributed by atoms with Crippen LogP contribution in [0.15, 0.2) is 30.3 Å². The first-order valence-corrected chi connectivity index (χ1v) is 6.89. The van der Waals surface area contributed by atoms with Gasteiger partial charge in [0, 0.05) is 24.3 Å². The number of hydrogen-bond acceptors (Lipinski definition) is 1. The summed E-state index contributed by atoms with van der Waals surface area (Å²) in [5.74, 6) is 1.44. The van der Waals surface area contributed by atoms with Crippen molar-refractivity contribution >= 4 is 10.9 Å². The zero-order chi connectivity index (χ0) is 13.1. The molecule has 1 aromatic heterocycles. The molecule has 2 aromatic rings. The van der Waals surface area contributed by atoms with E-state index in [9.17, 15) is 0 Å². The van der Waals surface area contributed by atoms with Crippen molar-refractivity contribution in [3.05, 3.63) is 36.0 Å². The van der Waals surface area contributed by atoms with Gasteiger partial charge in [-0.1, -0.05) is 39.0 Å². The van der Waals surface area contributed by atoms with E-state index in [-0.39, 0.29) is 0 Å². The molecule has 0 amide bonds. The Morgan fingerprint density at radius 2 is 1.89 bits per heavy atom. The van der Waals surface area contributed by atoms with Crippen LogP contribution in [0.3, 0.4) is 0 Å². The maximum Gasteiger partial charge on any atom is 0.0483 e. The zero-order valence-electron chi connectivity index (χ0n) is 11.7. The highest BCUT2D eigenvalue weighted by Crippen LogP contribution is 2.22. The third-order valence-corrected chi connectivity index (χ3v) is 3.47. The quantitative estimate of drug-likeness (QED) is 0.852. The lowest BCUT2D eigenvalue weighted by Gasteiger charge is -2.17. The first-order chi connectivity index (χ1) is 8.61. The van der Waals surface area contributed by atoms with Crippen molar-refractivity contribution in [2.24, 2.45) is 17.6 Å². The van der Waals surface area contributed by atoms with Crippen LogP contribution in [-0.2, 0) is 13.1 Å². The largest absolute Gasteiger partial charge is 0.343 e. The number of nitrogens with zero attached hydrogens (tertiary/aromatic N) is 1. The number of benzene rings is 1. The van der Waals surface area contributed by atoms with E-state index in [0.29, 0.717) is 12.5 Å². The lowest BCUT2D eigenvalue weighted by atomic mass is 9.99. The Morgan fingerprint density at radius 3 is 2.56 bits per heavy atom. The maximum absolute atomic E-state index is 5.87. The molecule has 0 saturated heterocycles. The molecule has 0 aliphatic rings. The van der Waals surface area contributed by atoms with Gasteiger partial charge in [-0.3, -0.25) is 0 Å². The molecule has 1 aromatic carbocycles. The van der Waals surface area contributed by atoms with Crippen LogP contribution in [0, 0.1) is 11.8 Å². The molecule has 0 spiro atoms. The van der Waals surface area contributed by atoms with Crippen LogP contribution in [0.1, 0.15) is 32.9 Å². The second-order valence-corrected chi connectivity index (χ2v) is 5.74. The molecule has 0 aliphatic heterocycles. The summed E-state index contributed by atoms with van der Waals surface area (Å²) in [6.07, 6.45) is 1.26. The fourth-order valence-corrected chi connectivity index (χ4v) is 2.84. The Kier molecular flexibility index (Phi) is 4.07. The van der Waals surface area contributed by atoms with E-state index in [2.05, 4.69) is 55.7 Å². The fraction of sp³-hybridized carbons (Fsp3) is 0.500. The van der Waals surface area contributed by atoms with Gasteiger partial charge in [0.2, 0.25) is 0 Å². The highest BCUT2D eigenvalue weighted by Gasteiger charge is 2.11. The van der Waals surface area contributed by atoms with Gasteiger partial charge in [-0.05, 0) is 35.8 Å². The molecule has 0 saturated carbocycles. The molecule has 1 unspecified atom stereocenters. The number of nitrogens with two attached hydrogens (primary N) is 1. The first-order valence-electron chi connectivity index (χ1n) is 6.89. The normalized spacial score (nSPS) is 13.4. The third-order valence-electron chi connectivity index (χ3n) is 3.47. The second kappa shape index (κ2) is 5.57. The van der Waals surface area contributed by atoms with Crippen LogP contribution in [-0.4, -0.2) is 4.57 Å². The van der Waals surface area contributed by atoms with E-state index in [1.807, 2.05) is 0 Å². The topological polar surface area (TPSA) is 30.9 Å². The van der Waals surface area contributed by atoms with Crippen LogP contribution in [0.25, 0.3) is 10.9 Å². The molecule has 98 valence electrons. The van der Waals surface area contributed by atoms with Gasteiger partial charge in [0.05, 0.1) is 0 Å². The molecule has 0 bridgehead atoms. The molecule has 0 fully saturated rings. The minimum absolute atomic E-state index is 0.614. The fourth-order valence-electron chi connectivity index (χ4n) is 2.84. The Labute approximate surface area is 110 Å². The third kappa shape index (κ3) is 2.75. The van der Waals surface area contributed by atoms with E-state index >= 15 is 0 Å². The Hall–Kier alpha value is -1.28. The molecular weight excluding hydrogens is 220 g/mol. The van der Waals surface area contributed by atoms with Crippen molar-refractivity contribution in [1.82, 2.24) is 4.57 Å². The van der Waals surface area contributed by atoms with Crippen molar-refractivity contribution in [3.8, 4) is 0 Å². The van der Waals surface area contributed by atoms with E-state index in [1.54, 1.807) is 0 Å². The van der Waals surface area contributed by atoms with Crippen LogP contribution in [0.2, 0.25) is 0 Å². The molecule has 2 N–H and O–H groups in total. The van der Waals surface area contributed by atoms with E-state index in [1.165, 1.54) is 23.0 Å². The Balaban J connectivity index is 2.30. The van der Waals surface area contributed by atoms with Crippen molar-refractivity contribution in [1.29, 1.82) is 0 Å². The summed E-state index contributed by atoms with van der Waals surface area (Å²) in [6, 6.07) is 10.8. The van der Waals surface area contributed by atoms with Crippen LogP contribution in [0.4, 0.5) is 0 Å². The maximum atomic E-state index is 5.87. The Morgan fingerprint density at radius 1 is 1.17 bits per heavy atom. The summed E-state index contributed by atoms with van der Waals surface area (Å²) in [5.41, 5.74) is 8.43. The van der Waals surface area contributed by atoms with E-state index < -0.39 is 0 Å². The van der Waals surface area contributed by atoms with E-state index in [0.717, 1.165) is 12.5 Å². The van der Waals surface area contributed by atoms with Gasteiger partial charge in [-0.15, -0.1) is 0 Å². The van der Waals surface area contributed by atoms with Gasteiger partial charge in [-0.25, -0.2) is 0 Å². The first kappa shape index (κ1) is 13.2. The number of aromatic nitrogens is 1. The predicted octanol–water partition coefficient (Wildman–Crippen LogP) is 3.78. The molecular formula is C16H24N2. The molecule has 18 heavy (non-hydrogen) atoms. The average molecular weight is 244 g/mol. The molecule has 2 heteroatoms. The van der Waals surface area contributed by atoms with Crippen LogP contribution >= 0.6 is 0 Å². The van der Waals surface area contributed by atoms with Gasteiger partial charge < -0.3 is 10.3 Å². The average Bonchev–Trinajstić information content (AvgIpc) is 2.66. The summed E-state index contributed by atoms with van der Waals surface area (Å²) in [4.78, 5) is 0. The standard InChI is InChI=1S/C16H24N2/c1-12(2)8-13(3)11-18-15(10-17)9-14-6-4-5-7-16(14)18/h4-7,9,12-13H,8,10-11,17H2,1-3H3. The summed E-state index contributed by atoms with van der Waals surface area (Å²) < 4.78 is 2.39. The minimum Gasteiger partial charge on any atom is -0.343 e. The second-order valence-electron chi connectivity index (χ2n) is 5.74. The molecule has 1 heterocycles. The summed E-state index contributed by atoms with van der Waals surface area (Å²) >= 11 is 0. The monoisotopic (exact) mass is 244 g/mol.